The second-order valence-electron chi connectivity index (χ2n) is 7.42. The first-order valence-corrected chi connectivity index (χ1v) is 9.03. The highest BCUT2D eigenvalue weighted by atomic mass is 19.1. The van der Waals surface area contributed by atoms with Gasteiger partial charge in [-0.25, -0.2) is 8.78 Å². The van der Waals surface area contributed by atoms with E-state index in [4.69, 9.17) is 0 Å². The van der Waals surface area contributed by atoms with E-state index in [1.165, 1.54) is 29.1 Å². The van der Waals surface area contributed by atoms with Crippen LogP contribution >= 0.6 is 0 Å². The van der Waals surface area contributed by atoms with Gasteiger partial charge < -0.3 is 9.13 Å². The molecular weight excluding hydrogens is 330 g/mol. The van der Waals surface area contributed by atoms with Crippen molar-refractivity contribution in [1.29, 1.82) is 0 Å². The van der Waals surface area contributed by atoms with Crippen molar-refractivity contribution in [1.82, 2.24) is 9.13 Å². The second kappa shape index (κ2) is 5.44. The zero-order valence-electron chi connectivity index (χ0n) is 14.9. The summed E-state index contributed by atoms with van der Waals surface area (Å²) in [7, 11) is 4.12. The van der Waals surface area contributed by atoms with E-state index in [-0.39, 0.29) is 11.6 Å². The van der Waals surface area contributed by atoms with E-state index in [0.717, 1.165) is 41.1 Å². The van der Waals surface area contributed by atoms with Crippen molar-refractivity contribution < 1.29 is 8.78 Å². The summed E-state index contributed by atoms with van der Waals surface area (Å²) in [6, 6.07) is 12.1. The van der Waals surface area contributed by atoms with Crippen molar-refractivity contribution in [2.75, 3.05) is 0 Å². The summed E-state index contributed by atoms with van der Waals surface area (Å²) in [6.07, 6.45) is 2.91. The number of rotatable bonds is 1. The zero-order valence-corrected chi connectivity index (χ0v) is 14.9. The largest absolute Gasteiger partial charge is 0.347 e. The van der Waals surface area contributed by atoms with Gasteiger partial charge >= 0.3 is 0 Å². The summed E-state index contributed by atoms with van der Waals surface area (Å²) in [5.74, 6) is -0.0324. The van der Waals surface area contributed by atoms with Crippen LogP contribution in [0.5, 0.6) is 0 Å². The molecule has 0 aliphatic heterocycles. The molecule has 1 unspecified atom stereocenters. The lowest BCUT2D eigenvalue weighted by Gasteiger charge is -2.24. The third-order valence-electron chi connectivity index (χ3n) is 6.04. The van der Waals surface area contributed by atoms with Gasteiger partial charge in [0.2, 0.25) is 0 Å². The summed E-state index contributed by atoms with van der Waals surface area (Å²) in [4.78, 5) is 0. The maximum absolute atomic E-state index is 13.8. The summed E-state index contributed by atoms with van der Waals surface area (Å²) in [5.41, 5.74) is 5.94. The van der Waals surface area contributed by atoms with Gasteiger partial charge in [0.25, 0.3) is 0 Å². The highest BCUT2D eigenvalue weighted by Crippen LogP contribution is 2.39. The summed E-state index contributed by atoms with van der Waals surface area (Å²) < 4.78 is 31.8. The minimum atomic E-state index is -0.204. The Kier molecular flexibility index (Phi) is 3.27. The van der Waals surface area contributed by atoms with Crippen LogP contribution in [0.1, 0.15) is 29.3 Å². The molecule has 1 atom stereocenters. The predicted molar refractivity (Wildman–Crippen MR) is 101 cm³/mol. The number of aromatic nitrogens is 2. The average molecular weight is 350 g/mol. The molecule has 1 aliphatic carbocycles. The highest BCUT2D eigenvalue weighted by molar-refractivity contribution is 5.86. The van der Waals surface area contributed by atoms with Gasteiger partial charge in [0.1, 0.15) is 11.6 Å². The van der Waals surface area contributed by atoms with E-state index < -0.39 is 0 Å². The molecule has 0 radical (unpaired) electrons. The molecule has 26 heavy (non-hydrogen) atoms. The lowest BCUT2D eigenvalue weighted by molar-refractivity contribution is 0.543. The Labute approximate surface area is 150 Å². The van der Waals surface area contributed by atoms with E-state index in [9.17, 15) is 8.78 Å². The molecule has 0 spiro atoms. The molecule has 0 fully saturated rings. The first-order valence-electron chi connectivity index (χ1n) is 9.03. The standard InChI is InChI=1S/C22H20F2N2/c1-25-19-7-4-15(23)9-14(19)11-22(25)13-3-6-20-17(10-13)18-12-16(24)5-8-21(18)26(20)2/h4-5,7-9,11-13H,3,6,10H2,1-2H3. The van der Waals surface area contributed by atoms with E-state index >= 15 is 0 Å². The minimum Gasteiger partial charge on any atom is -0.347 e. The summed E-state index contributed by atoms with van der Waals surface area (Å²) in [6.45, 7) is 0. The Hall–Kier alpha value is -2.62. The van der Waals surface area contributed by atoms with Gasteiger partial charge in [-0.3, -0.25) is 0 Å². The monoisotopic (exact) mass is 350 g/mol. The molecular formula is C22H20F2N2. The third-order valence-corrected chi connectivity index (χ3v) is 6.04. The Balaban J connectivity index is 1.63. The fourth-order valence-electron chi connectivity index (χ4n) is 4.74. The van der Waals surface area contributed by atoms with Gasteiger partial charge in [-0.2, -0.15) is 0 Å². The van der Waals surface area contributed by atoms with Crippen molar-refractivity contribution in [2.45, 2.75) is 25.2 Å². The number of benzene rings is 2. The summed E-state index contributed by atoms with van der Waals surface area (Å²) >= 11 is 0. The SMILES string of the molecule is Cn1c(C2CCc3c(c4cc(F)ccc4n3C)C2)cc2cc(F)ccc21. The van der Waals surface area contributed by atoms with Gasteiger partial charge in [0.05, 0.1) is 0 Å². The summed E-state index contributed by atoms with van der Waals surface area (Å²) in [5, 5.41) is 1.97. The van der Waals surface area contributed by atoms with Crippen molar-refractivity contribution >= 4 is 21.8 Å². The van der Waals surface area contributed by atoms with Gasteiger partial charge in [0.15, 0.2) is 0 Å². The Morgan fingerprint density at radius 1 is 0.885 bits per heavy atom. The predicted octanol–water partition coefficient (Wildman–Crippen LogP) is 5.22. The lowest BCUT2D eigenvalue weighted by Crippen LogP contribution is -2.16. The number of aryl methyl sites for hydroxylation is 2. The lowest BCUT2D eigenvalue weighted by atomic mass is 9.84. The molecule has 5 rings (SSSR count). The van der Waals surface area contributed by atoms with Crippen molar-refractivity contribution in [3.05, 3.63) is 71.1 Å². The van der Waals surface area contributed by atoms with E-state index in [1.54, 1.807) is 12.1 Å². The molecule has 2 nitrogen and oxygen atoms in total. The van der Waals surface area contributed by atoms with Crippen LogP contribution in [0.4, 0.5) is 8.78 Å². The van der Waals surface area contributed by atoms with Crippen LogP contribution in [0.25, 0.3) is 21.8 Å². The molecule has 4 heteroatoms. The molecule has 0 bridgehead atoms. The maximum Gasteiger partial charge on any atom is 0.123 e. The molecule has 0 amide bonds. The molecule has 1 aliphatic rings. The number of hydrogen-bond acceptors (Lipinski definition) is 0. The fraction of sp³-hybridized carbons (Fsp3) is 0.273. The fourth-order valence-corrected chi connectivity index (χ4v) is 4.74. The Bertz CT molecular complexity index is 1170. The van der Waals surface area contributed by atoms with E-state index in [2.05, 4.69) is 22.2 Å². The molecule has 2 aromatic carbocycles. The Morgan fingerprint density at radius 3 is 2.42 bits per heavy atom. The molecule has 0 saturated carbocycles. The topological polar surface area (TPSA) is 9.86 Å². The van der Waals surface area contributed by atoms with Crippen LogP contribution in [-0.4, -0.2) is 9.13 Å². The minimum absolute atomic E-state index is 0.187. The molecule has 132 valence electrons. The number of fused-ring (bicyclic) bond motifs is 4. The quantitative estimate of drug-likeness (QED) is 0.445. The molecule has 4 aromatic rings. The normalized spacial score (nSPS) is 17.2. The molecule has 2 aromatic heterocycles. The van der Waals surface area contributed by atoms with Crippen LogP contribution < -0.4 is 0 Å². The van der Waals surface area contributed by atoms with Crippen LogP contribution in [0.15, 0.2) is 42.5 Å². The Morgan fingerprint density at radius 2 is 1.62 bits per heavy atom. The van der Waals surface area contributed by atoms with Crippen molar-refractivity contribution in [3.8, 4) is 0 Å². The third kappa shape index (κ3) is 2.14. The zero-order chi connectivity index (χ0) is 18.0. The average Bonchev–Trinajstić information content (AvgIpc) is 3.09. The van der Waals surface area contributed by atoms with Gasteiger partial charge in [-0.15, -0.1) is 0 Å². The molecule has 2 heterocycles. The second-order valence-corrected chi connectivity index (χ2v) is 7.42. The number of nitrogens with zero attached hydrogens (tertiary/aromatic N) is 2. The smallest absolute Gasteiger partial charge is 0.123 e. The molecule has 0 N–H and O–H groups in total. The highest BCUT2D eigenvalue weighted by Gasteiger charge is 2.27. The van der Waals surface area contributed by atoms with Crippen LogP contribution in [0.3, 0.4) is 0 Å². The van der Waals surface area contributed by atoms with Crippen LogP contribution in [0, 0.1) is 11.6 Å². The van der Waals surface area contributed by atoms with Gasteiger partial charge in [-0.05, 0) is 67.3 Å². The number of hydrogen-bond donors (Lipinski definition) is 0. The van der Waals surface area contributed by atoms with Crippen LogP contribution in [0.2, 0.25) is 0 Å². The maximum atomic E-state index is 13.8. The van der Waals surface area contributed by atoms with E-state index in [1.807, 2.05) is 19.2 Å². The van der Waals surface area contributed by atoms with E-state index in [0.29, 0.717) is 5.92 Å². The van der Waals surface area contributed by atoms with Crippen molar-refractivity contribution in [2.24, 2.45) is 14.1 Å². The first-order chi connectivity index (χ1) is 12.5. The van der Waals surface area contributed by atoms with Crippen LogP contribution in [-0.2, 0) is 26.9 Å². The van der Waals surface area contributed by atoms with Gasteiger partial charge in [-0.1, -0.05) is 0 Å². The van der Waals surface area contributed by atoms with Crippen molar-refractivity contribution in [3.63, 3.8) is 0 Å². The first kappa shape index (κ1) is 15.6. The molecule has 0 saturated heterocycles. The number of halogens is 2. The van der Waals surface area contributed by atoms with Gasteiger partial charge in [0, 0.05) is 53.2 Å².